The molecule has 2 atom stereocenters. The Morgan fingerprint density at radius 1 is 1.12 bits per heavy atom. The number of carbonyl (C=O) groups excluding carboxylic acids is 1. The van der Waals surface area contributed by atoms with Gasteiger partial charge in [0.2, 0.25) is 5.79 Å². The molecule has 1 N–H and O–H groups in total. The fourth-order valence-corrected chi connectivity index (χ4v) is 3.81. The molecule has 0 aromatic rings. The van der Waals surface area contributed by atoms with Gasteiger partial charge < -0.3 is 24.2 Å². The van der Waals surface area contributed by atoms with Crippen LogP contribution in [0, 0.1) is 0 Å². The van der Waals surface area contributed by atoms with Gasteiger partial charge in [-0.05, 0) is 6.42 Å². The van der Waals surface area contributed by atoms with Crippen molar-refractivity contribution in [1.82, 2.24) is 0 Å². The molecule has 0 bridgehead atoms. The number of carbonyl (C=O) groups is 1. The maximum absolute atomic E-state index is 10.8. The molecule has 0 aromatic heterocycles. The molecule has 1 aliphatic heterocycles. The zero-order valence-corrected chi connectivity index (χ0v) is 15.9. The van der Waals surface area contributed by atoms with E-state index in [0.29, 0.717) is 24.0 Å². The van der Waals surface area contributed by atoms with E-state index in [4.69, 9.17) is 4.74 Å². The summed E-state index contributed by atoms with van der Waals surface area (Å²) < 4.78 is 6.29. The van der Waals surface area contributed by atoms with Gasteiger partial charge in [0.1, 0.15) is 19.2 Å². The van der Waals surface area contributed by atoms with E-state index in [1.54, 1.807) is 0 Å². The monoisotopic (exact) mass is 343 g/mol. The molecule has 0 amide bonds. The predicted octanol–water partition coefficient (Wildman–Crippen LogP) is 2.21. The minimum Gasteiger partial charge on any atom is -0.550 e. The van der Waals surface area contributed by atoms with Crippen molar-refractivity contribution in [3.05, 3.63) is 0 Å². The van der Waals surface area contributed by atoms with Gasteiger partial charge in [-0.2, -0.15) is 0 Å². The van der Waals surface area contributed by atoms with Crippen molar-refractivity contribution in [2.45, 2.75) is 89.4 Å². The molecule has 1 aliphatic rings. The summed E-state index contributed by atoms with van der Waals surface area (Å²) in [5, 5.41) is 21.6. The van der Waals surface area contributed by atoms with Gasteiger partial charge in [-0.3, -0.25) is 0 Å². The normalized spacial score (nSPS) is 26.4. The first-order chi connectivity index (χ1) is 11.3. The molecule has 0 aromatic carbocycles. The molecule has 24 heavy (non-hydrogen) atoms. The fraction of sp³-hybridized carbons (Fsp3) is 0.947. The number of likely N-dealkylation sites (N-methyl/N-ethyl adjacent to an activating group) is 1. The van der Waals surface area contributed by atoms with Crippen LogP contribution in [0.5, 0.6) is 0 Å². The lowest BCUT2D eigenvalue weighted by Crippen LogP contribution is -2.63. The lowest BCUT2D eigenvalue weighted by Gasteiger charge is -2.46. The zero-order valence-electron chi connectivity index (χ0n) is 15.9. The van der Waals surface area contributed by atoms with Gasteiger partial charge in [0.25, 0.3) is 0 Å². The topological polar surface area (TPSA) is 69.6 Å². The number of carboxylic acid groups (broad SMARTS) is 1. The number of rotatable bonds is 12. The first-order valence-electron chi connectivity index (χ1n) is 9.68. The number of hydrogen-bond acceptors (Lipinski definition) is 4. The van der Waals surface area contributed by atoms with Crippen molar-refractivity contribution in [1.29, 1.82) is 0 Å². The van der Waals surface area contributed by atoms with Crippen molar-refractivity contribution in [2.75, 3.05) is 27.2 Å². The highest BCUT2D eigenvalue weighted by Gasteiger charge is 2.44. The van der Waals surface area contributed by atoms with Crippen LogP contribution in [0.25, 0.3) is 0 Å². The molecule has 1 saturated heterocycles. The van der Waals surface area contributed by atoms with Crippen molar-refractivity contribution in [3.63, 3.8) is 0 Å². The van der Waals surface area contributed by atoms with E-state index in [1.165, 1.54) is 44.9 Å². The smallest absolute Gasteiger partial charge is 0.216 e. The number of ether oxygens (including phenoxy) is 1. The third-order valence-corrected chi connectivity index (χ3v) is 4.82. The van der Waals surface area contributed by atoms with Crippen LogP contribution in [0.3, 0.4) is 0 Å². The molecule has 1 heterocycles. The van der Waals surface area contributed by atoms with Gasteiger partial charge in [0.05, 0.1) is 14.1 Å². The third-order valence-electron chi connectivity index (χ3n) is 4.82. The molecular formula is C19H37NO4. The molecule has 1 rings (SSSR count). The van der Waals surface area contributed by atoms with E-state index in [0.717, 1.165) is 12.8 Å². The zero-order chi connectivity index (χ0) is 18.1. The van der Waals surface area contributed by atoms with E-state index in [1.807, 2.05) is 14.1 Å². The second-order valence-electron chi connectivity index (χ2n) is 8.12. The number of unbranched alkanes of at least 4 members (excludes halogenated alkanes) is 8. The van der Waals surface area contributed by atoms with Gasteiger partial charge in [-0.25, -0.2) is 0 Å². The summed E-state index contributed by atoms with van der Waals surface area (Å²) in [6.07, 6.45) is 11.0. The number of morpholine rings is 1. The highest BCUT2D eigenvalue weighted by Crippen LogP contribution is 2.29. The van der Waals surface area contributed by atoms with Gasteiger partial charge >= 0.3 is 0 Å². The van der Waals surface area contributed by atoms with Crippen molar-refractivity contribution < 1.29 is 24.2 Å². The Kier molecular flexibility index (Phi) is 9.24. The van der Waals surface area contributed by atoms with Crippen molar-refractivity contribution in [3.8, 4) is 0 Å². The molecular weight excluding hydrogens is 306 g/mol. The number of nitrogens with zero attached hydrogens (tertiary/aromatic N) is 1. The summed E-state index contributed by atoms with van der Waals surface area (Å²) >= 11 is 0. The Morgan fingerprint density at radius 2 is 1.67 bits per heavy atom. The van der Waals surface area contributed by atoms with Crippen LogP contribution in [0.1, 0.15) is 77.6 Å². The first kappa shape index (κ1) is 21.4. The molecule has 5 nitrogen and oxygen atoms in total. The lowest BCUT2D eigenvalue weighted by atomic mass is 10.0. The summed E-state index contributed by atoms with van der Waals surface area (Å²) in [6.45, 7) is 3.33. The van der Waals surface area contributed by atoms with Crippen LogP contribution >= 0.6 is 0 Å². The van der Waals surface area contributed by atoms with Crippen LogP contribution in [0.15, 0.2) is 0 Å². The van der Waals surface area contributed by atoms with Crippen LogP contribution in [0.4, 0.5) is 0 Å². The Balaban J connectivity index is 2.25. The number of aliphatic carboxylic acids is 1. The predicted molar refractivity (Wildman–Crippen MR) is 93.1 cm³/mol. The molecule has 1 fully saturated rings. The average molecular weight is 344 g/mol. The molecule has 142 valence electrons. The Bertz CT molecular complexity index is 372. The van der Waals surface area contributed by atoms with Gasteiger partial charge in [0.15, 0.2) is 0 Å². The number of aliphatic hydroxyl groups is 1. The van der Waals surface area contributed by atoms with E-state index in [2.05, 4.69) is 6.92 Å². The second kappa shape index (κ2) is 10.4. The average Bonchev–Trinajstić information content (AvgIpc) is 2.42. The number of quaternary nitrogens is 1. The second-order valence-corrected chi connectivity index (χ2v) is 8.12. The molecule has 0 radical (unpaired) electrons. The van der Waals surface area contributed by atoms with Crippen LogP contribution in [0.2, 0.25) is 0 Å². The summed E-state index contributed by atoms with van der Waals surface area (Å²) in [5.41, 5.74) is 0. The number of carboxylic acids is 1. The van der Waals surface area contributed by atoms with Crippen LogP contribution in [-0.2, 0) is 9.53 Å². The maximum Gasteiger partial charge on any atom is 0.216 e. The Labute approximate surface area is 147 Å². The summed E-state index contributed by atoms with van der Waals surface area (Å²) in [7, 11) is 4.01. The van der Waals surface area contributed by atoms with Crippen molar-refractivity contribution in [2.24, 2.45) is 0 Å². The third kappa shape index (κ3) is 9.00. The standard InChI is InChI=1S/C19H37NO4/c1-4-5-6-7-8-9-10-11-12-13-19(23)16-20(2,3)15-17(24-19)14-18(21)22/h17,23H,4-16H2,1-3H3/t17-,19-/m1/s1. The van der Waals surface area contributed by atoms with E-state index < -0.39 is 17.9 Å². The quantitative estimate of drug-likeness (QED) is 0.436. The molecule has 0 spiro atoms. The van der Waals surface area contributed by atoms with Crippen molar-refractivity contribution >= 4 is 5.97 Å². The number of hydrogen-bond donors (Lipinski definition) is 1. The minimum atomic E-state index is -1.21. The van der Waals surface area contributed by atoms with E-state index in [-0.39, 0.29) is 6.42 Å². The summed E-state index contributed by atoms with van der Waals surface area (Å²) in [4.78, 5) is 10.8. The van der Waals surface area contributed by atoms with Crippen LogP contribution in [-0.4, -0.2) is 54.6 Å². The largest absolute Gasteiger partial charge is 0.550 e. The van der Waals surface area contributed by atoms with E-state index >= 15 is 0 Å². The molecule has 0 saturated carbocycles. The van der Waals surface area contributed by atoms with E-state index in [9.17, 15) is 15.0 Å². The molecule has 0 aliphatic carbocycles. The minimum absolute atomic E-state index is 0.151. The molecule has 5 heteroatoms. The Morgan fingerprint density at radius 3 is 2.21 bits per heavy atom. The highest BCUT2D eigenvalue weighted by atomic mass is 16.6. The van der Waals surface area contributed by atoms with Gasteiger partial charge in [-0.1, -0.05) is 58.3 Å². The maximum atomic E-state index is 10.8. The fourth-order valence-electron chi connectivity index (χ4n) is 3.81. The summed E-state index contributed by atoms with van der Waals surface area (Å²) in [6, 6.07) is 0. The summed E-state index contributed by atoms with van der Waals surface area (Å²) in [5.74, 6) is -2.32. The van der Waals surface area contributed by atoms with Gasteiger partial charge in [-0.15, -0.1) is 0 Å². The van der Waals surface area contributed by atoms with Gasteiger partial charge in [0, 0.05) is 18.8 Å². The molecule has 0 unspecified atom stereocenters. The lowest BCUT2D eigenvalue weighted by molar-refractivity contribution is -0.915. The first-order valence-corrected chi connectivity index (χ1v) is 9.68. The van der Waals surface area contributed by atoms with Crippen LogP contribution < -0.4 is 5.11 Å². The Hall–Kier alpha value is -0.650. The SMILES string of the molecule is CCCCCCCCCCC[C@]1(O)C[N+](C)(C)C[C@@H](CC(=O)[O-])O1. The highest BCUT2D eigenvalue weighted by molar-refractivity contribution is 5.64.